The lowest BCUT2D eigenvalue weighted by Crippen LogP contribution is -2.16. The molecule has 0 spiro atoms. The number of benzene rings is 3. The summed E-state index contributed by atoms with van der Waals surface area (Å²) in [6.07, 6.45) is 1.61. The monoisotopic (exact) mass is 428 g/mol. The van der Waals surface area contributed by atoms with E-state index in [1.807, 2.05) is 36.4 Å². The SMILES string of the molecule is CC(C)(C)c1ccc(/C(=C\C(=O)Nc2ccc3c(c2)OCCO3)c2cccc(N)c2)cc1. The van der Waals surface area contributed by atoms with Gasteiger partial charge in [0.1, 0.15) is 13.2 Å². The maximum Gasteiger partial charge on any atom is 0.249 e. The van der Waals surface area contributed by atoms with Crippen molar-refractivity contribution in [1.29, 1.82) is 0 Å². The van der Waals surface area contributed by atoms with Crippen LogP contribution in [0.2, 0.25) is 0 Å². The average Bonchev–Trinajstić information content (AvgIpc) is 2.77. The molecule has 0 saturated carbocycles. The highest BCUT2D eigenvalue weighted by molar-refractivity contribution is 6.06. The first-order valence-corrected chi connectivity index (χ1v) is 10.7. The number of nitrogen functional groups attached to an aromatic ring is 1. The van der Waals surface area contributed by atoms with Gasteiger partial charge in [-0.1, -0.05) is 57.2 Å². The summed E-state index contributed by atoms with van der Waals surface area (Å²) in [5.74, 6) is 1.08. The third-order valence-corrected chi connectivity index (χ3v) is 5.34. The molecule has 0 aliphatic carbocycles. The van der Waals surface area contributed by atoms with Crippen LogP contribution in [0.1, 0.15) is 37.5 Å². The molecule has 5 nitrogen and oxygen atoms in total. The van der Waals surface area contributed by atoms with Crippen molar-refractivity contribution in [2.75, 3.05) is 24.3 Å². The van der Waals surface area contributed by atoms with Gasteiger partial charge in [-0.2, -0.15) is 0 Å². The molecule has 32 heavy (non-hydrogen) atoms. The highest BCUT2D eigenvalue weighted by Crippen LogP contribution is 2.33. The van der Waals surface area contributed by atoms with Crippen molar-refractivity contribution >= 4 is 22.9 Å². The minimum Gasteiger partial charge on any atom is -0.486 e. The second-order valence-corrected chi connectivity index (χ2v) is 8.86. The van der Waals surface area contributed by atoms with Gasteiger partial charge in [-0.25, -0.2) is 0 Å². The number of carbonyl (C=O) groups is 1. The second kappa shape index (κ2) is 8.79. The fraction of sp³-hybridized carbons (Fsp3) is 0.222. The number of amides is 1. The summed E-state index contributed by atoms with van der Waals surface area (Å²) in [4.78, 5) is 13.0. The maximum absolute atomic E-state index is 13.0. The Labute approximate surface area is 188 Å². The van der Waals surface area contributed by atoms with Gasteiger partial charge in [-0.05, 0) is 51.9 Å². The molecule has 5 heteroatoms. The molecule has 0 bridgehead atoms. The predicted octanol–water partition coefficient (Wildman–Crippen LogP) is 5.41. The second-order valence-electron chi connectivity index (χ2n) is 8.86. The summed E-state index contributed by atoms with van der Waals surface area (Å²) < 4.78 is 11.2. The van der Waals surface area contributed by atoms with Crippen LogP contribution >= 0.6 is 0 Å². The van der Waals surface area contributed by atoms with Crippen LogP contribution in [0.3, 0.4) is 0 Å². The van der Waals surface area contributed by atoms with E-state index in [2.05, 4.69) is 38.2 Å². The Balaban J connectivity index is 1.65. The van der Waals surface area contributed by atoms with Gasteiger partial charge in [0.05, 0.1) is 0 Å². The molecule has 1 aliphatic heterocycles. The first kappa shape index (κ1) is 21.5. The summed E-state index contributed by atoms with van der Waals surface area (Å²) in [7, 11) is 0. The smallest absolute Gasteiger partial charge is 0.249 e. The van der Waals surface area contributed by atoms with Crippen molar-refractivity contribution < 1.29 is 14.3 Å². The molecule has 0 radical (unpaired) electrons. The normalized spacial score (nSPS) is 13.5. The Morgan fingerprint density at radius 2 is 1.62 bits per heavy atom. The number of nitrogens with one attached hydrogen (secondary N) is 1. The van der Waals surface area contributed by atoms with Crippen LogP contribution < -0.4 is 20.5 Å². The largest absolute Gasteiger partial charge is 0.486 e. The van der Waals surface area contributed by atoms with Crippen LogP contribution in [0.5, 0.6) is 11.5 Å². The first-order chi connectivity index (χ1) is 15.3. The van der Waals surface area contributed by atoms with Gasteiger partial charge in [0.25, 0.3) is 0 Å². The highest BCUT2D eigenvalue weighted by atomic mass is 16.6. The maximum atomic E-state index is 13.0. The van der Waals surface area contributed by atoms with E-state index in [4.69, 9.17) is 15.2 Å². The highest BCUT2D eigenvalue weighted by Gasteiger charge is 2.16. The molecule has 0 fully saturated rings. The number of nitrogens with two attached hydrogens (primary N) is 1. The Morgan fingerprint density at radius 3 is 2.31 bits per heavy atom. The molecule has 3 N–H and O–H groups in total. The van der Waals surface area contributed by atoms with Crippen LogP contribution in [0.25, 0.3) is 5.57 Å². The van der Waals surface area contributed by atoms with E-state index in [-0.39, 0.29) is 11.3 Å². The fourth-order valence-electron chi connectivity index (χ4n) is 3.62. The van der Waals surface area contributed by atoms with E-state index in [0.717, 1.165) is 16.7 Å². The zero-order chi connectivity index (χ0) is 22.7. The summed E-state index contributed by atoms with van der Waals surface area (Å²) >= 11 is 0. The number of hydrogen-bond donors (Lipinski definition) is 2. The Bertz CT molecular complexity index is 1160. The minimum absolute atomic E-state index is 0.0508. The van der Waals surface area contributed by atoms with E-state index < -0.39 is 0 Å². The molecule has 1 amide bonds. The topological polar surface area (TPSA) is 73.6 Å². The molecular formula is C27H28N2O3. The number of anilines is 2. The van der Waals surface area contributed by atoms with Crippen LogP contribution in [0, 0.1) is 0 Å². The summed E-state index contributed by atoms with van der Waals surface area (Å²) in [6, 6.07) is 21.2. The van der Waals surface area contributed by atoms with Crippen LogP contribution in [-0.2, 0) is 10.2 Å². The lowest BCUT2D eigenvalue weighted by atomic mass is 9.85. The molecule has 0 atom stereocenters. The van der Waals surface area contributed by atoms with E-state index in [1.54, 1.807) is 24.3 Å². The molecule has 4 rings (SSSR count). The van der Waals surface area contributed by atoms with Crippen molar-refractivity contribution in [3.8, 4) is 11.5 Å². The van der Waals surface area contributed by atoms with E-state index in [9.17, 15) is 4.79 Å². The number of hydrogen-bond acceptors (Lipinski definition) is 4. The van der Waals surface area contributed by atoms with Gasteiger partial charge >= 0.3 is 0 Å². The van der Waals surface area contributed by atoms with E-state index >= 15 is 0 Å². The third-order valence-electron chi connectivity index (χ3n) is 5.34. The summed E-state index contributed by atoms with van der Waals surface area (Å²) in [6.45, 7) is 7.56. The van der Waals surface area contributed by atoms with Gasteiger partial charge in [-0.3, -0.25) is 4.79 Å². The molecular weight excluding hydrogens is 400 g/mol. The van der Waals surface area contributed by atoms with Crippen molar-refractivity contribution in [2.45, 2.75) is 26.2 Å². The van der Waals surface area contributed by atoms with Gasteiger partial charge in [0.2, 0.25) is 5.91 Å². The minimum atomic E-state index is -0.237. The van der Waals surface area contributed by atoms with Gasteiger partial charge in [-0.15, -0.1) is 0 Å². The average molecular weight is 429 g/mol. The molecule has 3 aromatic carbocycles. The zero-order valence-corrected chi connectivity index (χ0v) is 18.6. The van der Waals surface area contributed by atoms with E-state index in [0.29, 0.717) is 36.1 Å². The number of carbonyl (C=O) groups excluding carboxylic acids is 1. The zero-order valence-electron chi connectivity index (χ0n) is 18.6. The van der Waals surface area contributed by atoms with Crippen molar-refractivity contribution in [3.05, 3.63) is 89.5 Å². The van der Waals surface area contributed by atoms with Crippen molar-refractivity contribution in [2.24, 2.45) is 0 Å². The molecule has 1 aliphatic rings. The van der Waals surface area contributed by atoms with Crippen LogP contribution in [0.15, 0.2) is 72.8 Å². The van der Waals surface area contributed by atoms with Crippen molar-refractivity contribution in [3.63, 3.8) is 0 Å². The molecule has 164 valence electrons. The lowest BCUT2D eigenvalue weighted by Gasteiger charge is -2.20. The Kier molecular flexibility index (Phi) is 5.91. The first-order valence-electron chi connectivity index (χ1n) is 10.7. The Hall–Kier alpha value is -3.73. The Morgan fingerprint density at radius 1 is 0.906 bits per heavy atom. The molecule has 0 unspecified atom stereocenters. The third kappa shape index (κ3) is 4.94. The number of fused-ring (bicyclic) bond motifs is 1. The molecule has 0 aromatic heterocycles. The summed E-state index contributed by atoms with van der Waals surface area (Å²) in [5, 5.41) is 2.93. The van der Waals surface area contributed by atoms with Gasteiger partial charge in [0, 0.05) is 23.5 Å². The van der Waals surface area contributed by atoms with Crippen LogP contribution in [-0.4, -0.2) is 19.1 Å². The summed E-state index contributed by atoms with van der Waals surface area (Å²) in [5.41, 5.74) is 11.2. The number of rotatable bonds is 4. The van der Waals surface area contributed by atoms with Gasteiger partial charge < -0.3 is 20.5 Å². The standard InChI is InChI=1S/C27H28N2O3/c1-27(2,3)20-9-7-18(8-10-20)23(19-5-4-6-21(28)15-19)17-26(30)29-22-11-12-24-25(16-22)32-14-13-31-24/h4-12,15-17H,13-14,28H2,1-3H3,(H,29,30)/b23-17+. The van der Waals surface area contributed by atoms with Crippen molar-refractivity contribution in [1.82, 2.24) is 0 Å². The predicted molar refractivity (Wildman–Crippen MR) is 129 cm³/mol. The quantitative estimate of drug-likeness (QED) is 0.431. The number of ether oxygens (including phenoxy) is 2. The molecule has 0 saturated heterocycles. The van der Waals surface area contributed by atoms with Crippen LogP contribution in [0.4, 0.5) is 11.4 Å². The molecule has 3 aromatic rings. The molecule has 1 heterocycles. The van der Waals surface area contributed by atoms with E-state index in [1.165, 1.54) is 5.56 Å². The fourth-order valence-corrected chi connectivity index (χ4v) is 3.62. The van der Waals surface area contributed by atoms with Gasteiger partial charge in [0.15, 0.2) is 11.5 Å². The lowest BCUT2D eigenvalue weighted by molar-refractivity contribution is -0.111.